The fourth-order valence-electron chi connectivity index (χ4n) is 2.71. The monoisotopic (exact) mass is 235 g/mol. The molecular weight excluding hydrogens is 218 g/mol. The molecule has 1 aromatic heterocycles. The lowest BCUT2D eigenvalue weighted by Crippen LogP contribution is -2.32. The highest BCUT2D eigenvalue weighted by Crippen LogP contribution is 2.27. The quantitative estimate of drug-likeness (QED) is 0.735. The lowest BCUT2D eigenvalue weighted by molar-refractivity contribution is 0.107. The third-order valence-electron chi connectivity index (χ3n) is 3.58. The van der Waals surface area contributed by atoms with Gasteiger partial charge in [-0.3, -0.25) is 0 Å². The summed E-state index contributed by atoms with van der Waals surface area (Å²) in [6, 6.07) is 0. The van der Waals surface area contributed by atoms with Crippen LogP contribution in [-0.2, 0) is 17.8 Å². The Bertz CT molecular complexity index is 463. The summed E-state index contributed by atoms with van der Waals surface area (Å²) in [6.45, 7) is 3.27. The maximum absolute atomic E-state index is 11.6. The van der Waals surface area contributed by atoms with Crippen molar-refractivity contribution in [2.24, 2.45) is 0 Å². The molecule has 3 rings (SSSR count). The number of piperidine rings is 1. The van der Waals surface area contributed by atoms with Gasteiger partial charge in [0.1, 0.15) is 0 Å². The molecule has 5 heteroatoms. The van der Waals surface area contributed by atoms with E-state index in [1.807, 2.05) is 0 Å². The van der Waals surface area contributed by atoms with Gasteiger partial charge in [0.25, 0.3) is 0 Å². The Labute approximate surface area is 99.6 Å². The van der Waals surface area contributed by atoms with Crippen LogP contribution in [0.3, 0.4) is 0 Å². The van der Waals surface area contributed by atoms with Gasteiger partial charge in [-0.15, -0.1) is 0 Å². The SMILES string of the molecule is O=c1nc(C2CCCNC2)c2c([nH]1)CCOC2. The van der Waals surface area contributed by atoms with Crippen LogP contribution >= 0.6 is 0 Å². The lowest BCUT2D eigenvalue weighted by atomic mass is 9.91. The molecule has 3 heterocycles. The average molecular weight is 235 g/mol. The van der Waals surface area contributed by atoms with Gasteiger partial charge in [0, 0.05) is 30.1 Å². The van der Waals surface area contributed by atoms with Crippen LogP contribution in [0.4, 0.5) is 0 Å². The van der Waals surface area contributed by atoms with Crippen LogP contribution in [0.1, 0.15) is 35.7 Å². The number of ether oxygens (including phenoxy) is 1. The number of H-pyrrole nitrogens is 1. The first-order chi connectivity index (χ1) is 8.34. The first kappa shape index (κ1) is 10.9. The van der Waals surface area contributed by atoms with Crippen molar-refractivity contribution >= 4 is 0 Å². The van der Waals surface area contributed by atoms with Gasteiger partial charge in [-0.05, 0) is 19.4 Å². The minimum absolute atomic E-state index is 0.216. The van der Waals surface area contributed by atoms with E-state index in [1.54, 1.807) is 0 Å². The molecule has 0 spiro atoms. The average Bonchev–Trinajstić information content (AvgIpc) is 2.39. The number of aromatic nitrogens is 2. The van der Waals surface area contributed by atoms with E-state index in [-0.39, 0.29) is 5.69 Å². The van der Waals surface area contributed by atoms with Crippen molar-refractivity contribution < 1.29 is 4.74 Å². The smallest absolute Gasteiger partial charge is 0.345 e. The summed E-state index contributed by atoms with van der Waals surface area (Å²) in [5.41, 5.74) is 2.88. The highest BCUT2D eigenvalue weighted by Gasteiger charge is 2.24. The van der Waals surface area contributed by atoms with E-state index in [1.165, 1.54) is 0 Å². The second-order valence-corrected chi connectivity index (χ2v) is 4.73. The van der Waals surface area contributed by atoms with Gasteiger partial charge >= 0.3 is 5.69 Å². The van der Waals surface area contributed by atoms with Crippen molar-refractivity contribution in [1.29, 1.82) is 0 Å². The molecule has 1 fully saturated rings. The summed E-state index contributed by atoms with van der Waals surface area (Å²) in [6.07, 6.45) is 3.05. The Morgan fingerprint density at radius 3 is 3.18 bits per heavy atom. The van der Waals surface area contributed by atoms with Gasteiger partial charge in [0.15, 0.2) is 0 Å². The van der Waals surface area contributed by atoms with E-state index in [4.69, 9.17) is 4.74 Å². The molecule has 0 aliphatic carbocycles. The summed E-state index contributed by atoms with van der Waals surface area (Å²) < 4.78 is 5.48. The molecule has 1 aromatic rings. The molecule has 2 N–H and O–H groups in total. The van der Waals surface area contributed by atoms with Gasteiger partial charge < -0.3 is 15.0 Å². The van der Waals surface area contributed by atoms with Gasteiger partial charge in [-0.2, -0.15) is 4.98 Å². The zero-order chi connectivity index (χ0) is 11.7. The fraction of sp³-hybridized carbons (Fsp3) is 0.667. The molecule has 0 bridgehead atoms. The number of rotatable bonds is 1. The molecule has 0 saturated carbocycles. The summed E-state index contributed by atoms with van der Waals surface area (Å²) in [7, 11) is 0. The van der Waals surface area contributed by atoms with Crippen LogP contribution in [0.15, 0.2) is 4.79 Å². The molecule has 92 valence electrons. The minimum Gasteiger partial charge on any atom is -0.376 e. The van der Waals surface area contributed by atoms with Crippen LogP contribution in [0.25, 0.3) is 0 Å². The van der Waals surface area contributed by atoms with Crippen LogP contribution in [0.5, 0.6) is 0 Å². The summed E-state index contributed by atoms with van der Waals surface area (Å²) in [4.78, 5) is 18.6. The predicted octanol–water partition coefficient (Wildman–Crippen LogP) is 0.310. The predicted molar refractivity (Wildman–Crippen MR) is 63.1 cm³/mol. The van der Waals surface area contributed by atoms with E-state index in [0.29, 0.717) is 19.1 Å². The molecule has 0 aromatic carbocycles. The molecule has 1 atom stereocenters. The van der Waals surface area contributed by atoms with Crippen LogP contribution in [0.2, 0.25) is 0 Å². The largest absolute Gasteiger partial charge is 0.376 e. The van der Waals surface area contributed by atoms with Gasteiger partial charge in [0.05, 0.1) is 18.9 Å². The minimum atomic E-state index is -0.216. The Morgan fingerprint density at radius 1 is 1.41 bits per heavy atom. The van der Waals surface area contributed by atoms with E-state index < -0.39 is 0 Å². The number of hydrogen-bond acceptors (Lipinski definition) is 4. The summed E-state index contributed by atoms with van der Waals surface area (Å²) in [5, 5.41) is 3.37. The Morgan fingerprint density at radius 2 is 2.35 bits per heavy atom. The number of fused-ring (bicyclic) bond motifs is 1. The van der Waals surface area contributed by atoms with Crippen LogP contribution in [-0.4, -0.2) is 29.7 Å². The molecule has 0 radical (unpaired) electrons. The molecule has 17 heavy (non-hydrogen) atoms. The summed E-state index contributed by atoms with van der Waals surface area (Å²) in [5.74, 6) is 0.362. The third-order valence-corrected chi connectivity index (χ3v) is 3.58. The van der Waals surface area contributed by atoms with Crippen molar-refractivity contribution in [3.8, 4) is 0 Å². The maximum Gasteiger partial charge on any atom is 0.345 e. The van der Waals surface area contributed by atoms with Gasteiger partial charge in [0.2, 0.25) is 0 Å². The molecule has 1 unspecified atom stereocenters. The van der Waals surface area contributed by atoms with Crippen molar-refractivity contribution in [3.63, 3.8) is 0 Å². The number of hydrogen-bond donors (Lipinski definition) is 2. The lowest BCUT2D eigenvalue weighted by Gasteiger charge is -2.26. The fourth-order valence-corrected chi connectivity index (χ4v) is 2.71. The highest BCUT2D eigenvalue weighted by molar-refractivity contribution is 5.29. The number of nitrogens with one attached hydrogen (secondary N) is 2. The van der Waals surface area contributed by atoms with Crippen LogP contribution in [0, 0.1) is 0 Å². The van der Waals surface area contributed by atoms with Crippen LogP contribution < -0.4 is 11.0 Å². The number of aromatic amines is 1. The zero-order valence-electron chi connectivity index (χ0n) is 9.79. The van der Waals surface area contributed by atoms with E-state index in [9.17, 15) is 4.79 Å². The first-order valence-corrected chi connectivity index (χ1v) is 6.25. The van der Waals surface area contributed by atoms with E-state index >= 15 is 0 Å². The molecule has 5 nitrogen and oxygen atoms in total. The molecule has 2 aliphatic rings. The number of nitrogens with zero attached hydrogens (tertiary/aromatic N) is 1. The molecular formula is C12H17N3O2. The second kappa shape index (κ2) is 4.58. The summed E-state index contributed by atoms with van der Waals surface area (Å²) >= 11 is 0. The Hall–Kier alpha value is -1.20. The molecule has 1 saturated heterocycles. The van der Waals surface area contributed by atoms with E-state index in [0.717, 1.165) is 49.3 Å². The van der Waals surface area contributed by atoms with Gasteiger partial charge in [-0.25, -0.2) is 4.79 Å². The maximum atomic E-state index is 11.6. The van der Waals surface area contributed by atoms with E-state index in [2.05, 4.69) is 15.3 Å². The Balaban J connectivity index is 2.01. The molecule has 2 aliphatic heterocycles. The first-order valence-electron chi connectivity index (χ1n) is 6.25. The van der Waals surface area contributed by atoms with Crippen molar-refractivity contribution in [2.45, 2.75) is 31.8 Å². The topological polar surface area (TPSA) is 67.0 Å². The highest BCUT2D eigenvalue weighted by atomic mass is 16.5. The molecule has 0 amide bonds. The van der Waals surface area contributed by atoms with Crippen molar-refractivity contribution in [1.82, 2.24) is 15.3 Å². The standard InChI is InChI=1S/C12H17N3O2/c16-12-14-10-3-5-17-7-9(10)11(15-12)8-2-1-4-13-6-8/h8,13H,1-7H2,(H,14,15,16). The van der Waals surface area contributed by atoms with Crippen molar-refractivity contribution in [3.05, 3.63) is 27.4 Å². The normalized spacial score (nSPS) is 24.4. The third kappa shape index (κ3) is 2.12. The van der Waals surface area contributed by atoms with Crippen molar-refractivity contribution in [2.75, 3.05) is 19.7 Å². The zero-order valence-corrected chi connectivity index (χ0v) is 9.79. The Kier molecular flexibility index (Phi) is 2.94. The second-order valence-electron chi connectivity index (χ2n) is 4.73. The van der Waals surface area contributed by atoms with Gasteiger partial charge in [-0.1, -0.05) is 0 Å².